The SMILES string of the molecule is NCc1nccc(N)c1B(O)O. The van der Waals surface area contributed by atoms with Crippen molar-refractivity contribution in [3.05, 3.63) is 18.0 Å². The minimum atomic E-state index is -1.61. The van der Waals surface area contributed by atoms with Gasteiger partial charge >= 0.3 is 7.12 Å². The second-order valence-electron chi connectivity index (χ2n) is 2.34. The van der Waals surface area contributed by atoms with Crippen molar-refractivity contribution in [3.8, 4) is 0 Å². The molecule has 1 aromatic rings. The summed E-state index contributed by atoms with van der Waals surface area (Å²) in [6, 6.07) is 1.49. The first-order valence-electron chi connectivity index (χ1n) is 3.46. The Hall–Kier alpha value is -1.11. The fourth-order valence-corrected chi connectivity index (χ4v) is 0.994. The van der Waals surface area contributed by atoms with E-state index in [9.17, 15) is 0 Å². The average Bonchev–Trinajstić information content (AvgIpc) is 2.03. The number of hydrogen-bond acceptors (Lipinski definition) is 5. The van der Waals surface area contributed by atoms with Crippen molar-refractivity contribution in [2.24, 2.45) is 5.73 Å². The number of hydrogen-bond donors (Lipinski definition) is 4. The monoisotopic (exact) mass is 167 g/mol. The van der Waals surface area contributed by atoms with Gasteiger partial charge < -0.3 is 21.5 Å². The van der Waals surface area contributed by atoms with Crippen molar-refractivity contribution in [1.29, 1.82) is 0 Å². The van der Waals surface area contributed by atoms with Gasteiger partial charge in [0.25, 0.3) is 0 Å². The molecule has 0 saturated carbocycles. The molecule has 1 heterocycles. The lowest BCUT2D eigenvalue weighted by Gasteiger charge is -2.07. The van der Waals surface area contributed by atoms with E-state index in [0.717, 1.165) is 0 Å². The van der Waals surface area contributed by atoms with Crippen LogP contribution in [0.5, 0.6) is 0 Å². The fraction of sp³-hybridized carbons (Fsp3) is 0.167. The quantitative estimate of drug-likeness (QED) is 0.374. The Morgan fingerprint density at radius 3 is 2.58 bits per heavy atom. The lowest BCUT2D eigenvalue weighted by molar-refractivity contribution is 0.425. The highest BCUT2D eigenvalue weighted by molar-refractivity contribution is 6.61. The van der Waals surface area contributed by atoms with E-state index in [1.165, 1.54) is 12.3 Å². The summed E-state index contributed by atoms with van der Waals surface area (Å²) >= 11 is 0. The van der Waals surface area contributed by atoms with E-state index in [1.807, 2.05) is 0 Å². The summed E-state index contributed by atoms with van der Waals surface area (Å²) in [5.41, 5.74) is 11.7. The van der Waals surface area contributed by atoms with E-state index < -0.39 is 7.12 Å². The first-order valence-corrected chi connectivity index (χ1v) is 3.46. The zero-order chi connectivity index (χ0) is 9.14. The van der Waals surface area contributed by atoms with Gasteiger partial charge in [0.2, 0.25) is 0 Å². The van der Waals surface area contributed by atoms with Crippen LogP contribution in [0.1, 0.15) is 5.69 Å². The number of nitrogen functional groups attached to an aromatic ring is 1. The molecule has 0 amide bonds. The van der Waals surface area contributed by atoms with Crippen LogP contribution < -0.4 is 16.9 Å². The van der Waals surface area contributed by atoms with Crippen molar-refractivity contribution in [2.45, 2.75) is 6.54 Å². The van der Waals surface area contributed by atoms with Crippen molar-refractivity contribution in [1.82, 2.24) is 4.98 Å². The van der Waals surface area contributed by atoms with Crippen LogP contribution in [0.4, 0.5) is 5.69 Å². The van der Waals surface area contributed by atoms with Crippen LogP contribution in [-0.2, 0) is 6.54 Å². The number of anilines is 1. The van der Waals surface area contributed by atoms with Crippen LogP contribution in [0.2, 0.25) is 0 Å². The maximum atomic E-state index is 8.90. The normalized spacial score (nSPS) is 9.92. The van der Waals surface area contributed by atoms with Crippen LogP contribution in [0.25, 0.3) is 0 Å². The van der Waals surface area contributed by atoms with Gasteiger partial charge in [0.05, 0.1) is 5.69 Å². The standard InChI is InChI=1S/C6H10BN3O2/c8-3-5-6(7(11)12)4(9)1-2-10-5/h1-2,11-12H,3,8H2,(H2,9,10). The molecule has 0 unspecified atom stereocenters. The van der Waals surface area contributed by atoms with E-state index in [-0.39, 0.29) is 12.0 Å². The number of aromatic nitrogens is 1. The van der Waals surface area contributed by atoms with Gasteiger partial charge in [-0.15, -0.1) is 0 Å². The summed E-state index contributed by atoms with van der Waals surface area (Å²) in [5.74, 6) is 0. The number of nitrogens with two attached hydrogens (primary N) is 2. The highest BCUT2D eigenvalue weighted by Crippen LogP contribution is 2.00. The van der Waals surface area contributed by atoms with E-state index in [0.29, 0.717) is 11.4 Å². The molecule has 0 aromatic carbocycles. The van der Waals surface area contributed by atoms with Gasteiger partial charge in [-0.05, 0) is 6.07 Å². The molecule has 0 spiro atoms. The third kappa shape index (κ3) is 1.55. The van der Waals surface area contributed by atoms with Crippen LogP contribution in [-0.4, -0.2) is 22.2 Å². The molecular formula is C6H10BN3O2. The molecule has 12 heavy (non-hydrogen) atoms. The molecule has 64 valence electrons. The topological polar surface area (TPSA) is 105 Å². The first kappa shape index (κ1) is 8.99. The van der Waals surface area contributed by atoms with Gasteiger partial charge in [-0.25, -0.2) is 0 Å². The Balaban J connectivity index is 3.20. The lowest BCUT2D eigenvalue weighted by Crippen LogP contribution is -2.37. The molecule has 6 heteroatoms. The summed E-state index contributed by atoms with van der Waals surface area (Å²) in [6.45, 7) is 0.137. The number of pyridine rings is 1. The minimum absolute atomic E-state index is 0.137. The van der Waals surface area contributed by atoms with Gasteiger partial charge in [-0.3, -0.25) is 4.98 Å². The van der Waals surface area contributed by atoms with Gasteiger partial charge in [-0.1, -0.05) is 0 Å². The minimum Gasteiger partial charge on any atom is -0.423 e. The lowest BCUT2D eigenvalue weighted by atomic mass is 9.77. The Morgan fingerprint density at radius 2 is 2.17 bits per heavy atom. The molecule has 6 N–H and O–H groups in total. The largest absolute Gasteiger partial charge is 0.492 e. The predicted molar refractivity (Wildman–Crippen MR) is 46.4 cm³/mol. The molecule has 0 atom stereocenters. The number of nitrogens with zero attached hydrogens (tertiary/aromatic N) is 1. The van der Waals surface area contributed by atoms with Crippen LogP contribution in [0, 0.1) is 0 Å². The average molecular weight is 167 g/mol. The summed E-state index contributed by atoms with van der Waals surface area (Å²) in [5, 5.41) is 17.8. The molecule has 1 aromatic heterocycles. The summed E-state index contributed by atoms with van der Waals surface area (Å²) in [7, 11) is -1.61. The van der Waals surface area contributed by atoms with E-state index >= 15 is 0 Å². The van der Waals surface area contributed by atoms with Crippen molar-refractivity contribution in [2.75, 3.05) is 5.73 Å². The van der Waals surface area contributed by atoms with E-state index in [2.05, 4.69) is 4.98 Å². The zero-order valence-electron chi connectivity index (χ0n) is 6.44. The Bertz CT molecular complexity index is 279. The molecule has 5 nitrogen and oxygen atoms in total. The summed E-state index contributed by atoms with van der Waals surface area (Å²) in [4.78, 5) is 3.85. The maximum Gasteiger partial charge on any atom is 0.492 e. The molecule has 0 aliphatic rings. The summed E-state index contributed by atoms with van der Waals surface area (Å²) in [6.07, 6.45) is 1.48. The van der Waals surface area contributed by atoms with Gasteiger partial charge in [0, 0.05) is 23.9 Å². The van der Waals surface area contributed by atoms with E-state index in [4.69, 9.17) is 21.5 Å². The molecule has 0 bridgehead atoms. The third-order valence-electron chi connectivity index (χ3n) is 1.56. The highest BCUT2D eigenvalue weighted by Gasteiger charge is 2.18. The molecule has 0 saturated heterocycles. The second-order valence-corrected chi connectivity index (χ2v) is 2.34. The Labute approximate surface area is 70.2 Å². The second kappa shape index (κ2) is 3.53. The van der Waals surface area contributed by atoms with Gasteiger partial charge in [0.15, 0.2) is 0 Å². The van der Waals surface area contributed by atoms with Gasteiger partial charge in [0.1, 0.15) is 0 Å². The molecular weight excluding hydrogens is 157 g/mol. The third-order valence-corrected chi connectivity index (χ3v) is 1.56. The number of rotatable bonds is 2. The molecule has 0 fully saturated rings. The molecule has 0 radical (unpaired) electrons. The molecule has 0 aliphatic heterocycles. The molecule has 1 rings (SSSR count). The van der Waals surface area contributed by atoms with Crippen LogP contribution in [0.15, 0.2) is 12.3 Å². The highest BCUT2D eigenvalue weighted by atomic mass is 16.4. The Morgan fingerprint density at radius 1 is 1.50 bits per heavy atom. The zero-order valence-corrected chi connectivity index (χ0v) is 6.44. The predicted octanol–water partition coefficient (Wildman–Crippen LogP) is -2.20. The van der Waals surface area contributed by atoms with E-state index in [1.54, 1.807) is 0 Å². The Kier molecular flexibility index (Phi) is 2.64. The molecule has 0 aliphatic carbocycles. The fourth-order valence-electron chi connectivity index (χ4n) is 0.994. The van der Waals surface area contributed by atoms with Crippen molar-refractivity contribution < 1.29 is 10.0 Å². The van der Waals surface area contributed by atoms with Crippen LogP contribution >= 0.6 is 0 Å². The van der Waals surface area contributed by atoms with Crippen molar-refractivity contribution in [3.63, 3.8) is 0 Å². The summed E-state index contributed by atoms with van der Waals surface area (Å²) < 4.78 is 0. The first-order chi connectivity index (χ1) is 5.66. The van der Waals surface area contributed by atoms with Gasteiger partial charge in [-0.2, -0.15) is 0 Å². The maximum absolute atomic E-state index is 8.90. The van der Waals surface area contributed by atoms with Crippen molar-refractivity contribution >= 4 is 18.3 Å². The smallest absolute Gasteiger partial charge is 0.423 e. The van der Waals surface area contributed by atoms with Crippen LogP contribution in [0.3, 0.4) is 0 Å².